The molecule has 8 heteroatoms. The molecular weight excluding hydrogens is 450 g/mol. The number of carboxylic acid groups (broad SMARTS) is 1. The van der Waals surface area contributed by atoms with Crippen molar-refractivity contribution in [2.45, 2.75) is 45.6 Å². The Balaban J connectivity index is 1.51. The number of hydrazine groups is 1. The van der Waals surface area contributed by atoms with Crippen molar-refractivity contribution in [2.24, 2.45) is 11.3 Å². The quantitative estimate of drug-likeness (QED) is 0.459. The largest absolute Gasteiger partial charge is 0.488 e. The summed E-state index contributed by atoms with van der Waals surface area (Å²) in [5.41, 5.74) is 1.50. The molecule has 7 nitrogen and oxygen atoms in total. The Kier molecular flexibility index (Phi) is 5.83. The molecule has 1 fully saturated rings. The van der Waals surface area contributed by atoms with E-state index in [0.717, 1.165) is 47.0 Å². The zero-order chi connectivity index (χ0) is 24.0. The molecule has 1 atom stereocenters. The second kappa shape index (κ2) is 8.69. The molecule has 1 aliphatic heterocycles. The van der Waals surface area contributed by atoms with Crippen LogP contribution >= 0.6 is 11.3 Å². The fraction of sp³-hybridized carbons (Fsp3) is 0.385. The van der Waals surface area contributed by atoms with Crippen LogP contribution < -0.4 is 15.9 Å². The molecule has 4 N–H and O–H groups in total. The van der Waals surface area contributed by atoms with Gasteiger partial charge in [0.1, 0.15) is 16.9 Å². The van der Waals surface area contributed by atoms with Gasteiger partial charge in [-0.1, -0.05) is 38.1 Å². The minimum Gasteiger partial charge on any atom is -0.488 e. The smallest absolute Gasteiger partial charge is 0.339 e. The van der Waals surface area contributed by atoms with E-state index >= 15 is 0 Å². The van der Waals surface area contributed by atoms with Crippen LogP contribution in [0.1, 0.15) is 57.8 Å². The van der Waals surface area contributed by atoms with E-state index in [-0.39, 0.29) is 23.0 Å². The summed E-state index contributed by atoms with van der Waals surface area (Å²) in [6, 6.07) is 11.5. The van der Waals surface area contributed by atoms with Gasteiger partial charge in [-0.3, -0.25) is 10.6 Å². The summed E-state index contributed by atoms with van der Waals surface area (Å²) in [4.78, 5) is 26.8. The van der Waals surface area contributed by atoms with Crippen LogP contribution in [0.3, 0.4) is 0 Å². The number of carbonyl (C=O) groups excluding carboxylic acids is 1. The van der Waals surface area contributed by atoms with Gasteiger partial charge in [-0.2, -0.15) is 0 Å². The number of ether oxygens (including phenoxy) is 1. The van der Waals surface area contributed by atoms with E-state index in [1.54, 1.807) is 5.01 Å². The van der Waals surface area contributed by atoms with Crippen molar-refractivity contribution < 1.29 is 19.4 Å². The second-order valence-electron chi connectivity index (χ2n) is 10.0. The van der Waals surface area contributed by atoms with Crippen molar-refractivity contribution in [1.82, 2.24) is 5.01 Å². The third kappa shape index (κ3) is 4.41. The van der Waals surface area contributed by atoms with Gasteiger partial charge < -0.3 is 15.2 Å². The molecule has 178 valence electrons. The van der Waals surface area contributed by atoms with Crippen molar-refractivity contribution in [1.29, 1.82) is 0 Å². The molecule has 0 saturated carbocycles. The van der Waals surface area contributed by atoms with Gasteiger partial charge >= 0.3 is 5.97 Å². The van der Waals surface area contributed by atoms with Crippen LogP contribution in [0.4, 0.5) is 5.00 Å². The summed E-state index contributed by atoms with van der Waals surface area (Å²) in [5.74, 6) is 5.01. The van der Waals surface area contributed by atoms with Crippen LogP contribution in [-0.2, 0) is 12.8 Å². The molecule has 0 radical (unpaired) electrons. The molecule has 0 unspecified atom stereocenters. The number of rotatable bonds is 5. The fourth-order valence-corrected chi connectivity index (χ4v) is 6.13. The zero-order valence-electron chi connectivity index (χ0n) is 19.4. The lowest BCUT2D eigenvalue weighted by atomic mass is 9.76. The van der Waals surface area contributed by atoms with Crippen LogP contribution in [-0.4, -0.2) is 41.2 Å². The molecule has 2 aromatic carbocycles. The monoisotopic (exact) mass is 479 g/mol. The van der Waals surface area contributed by atoms with Crippen molar-refractivity contribution in [3.8, 4) is 5.75 Å². The highest BCUT2D eigenvalue weighted by molar-refractivity contribution is 7.17. The lowest BCUT2D eigenvalue weighted by molar-refractivity contribution is 0.0696. The van der Waals surface area contributed by atoms with Crippen molar-refractivity contribution >= 4 is 39.0 Å². The fourth-order valence-electron chi connectivity index (χ4n) is 4.93. The van der Waals surface area contributed by atoms with Gasteiger partial charge in [-0.05, 0) is 59.6 Å². The van der Waals surface area contributed by atoms with Gasteiger partial charge in [0, 0.05) is 18.0 Å². The van der Waals surface area contributed by atoms with Gasteiger partial charge in [0.25, 0.3) is 5.91 Å². The van der Waals surface area contributed by atoms with Crippen molar-refractivity contribution in [3.63, 3.8) is 0 Å². The van der Waals surface area contributed by atoms with Crippen molar-refractivity contribution in [3.05, 3.63) is 58.0 Å². The third-order valence-corrected chi connectivity index (χ3v) is 7.99. The predicted molar refractivity (Wildman–Crippen MR) is 134 cm³/mol. The summed E-state index contributed by atoms with van der Waals surface area (Å²) < 4.78 is 6.23. The number of aryl methyl sites for hydroxylation is 1. The Morgan fingerprint density at radius 3 is 2.65 bits per heavy atom. The maximum absolute atomic E-state index is 13.5. The first-order chi connectivity index (χ1) is 16.2. The lowest BCUT2D eigenvalue weighted by Gasteiger charge is -2.29. The first-order valence-corrected chi connectivity index (χ1v) is 12.4. The summed E-state index contributed by atoms with van der Waals surface area (Å²) in [5, 5.41) is 16.9. The SMILES string of the molecule is CC1(C)CCc2sc(NC(=O)c3cc4ccccc4cc3O[C@H]3CCN(N)C3)c(C(=O)O)c2C1. The molecule has 1 aromatic heterocycles. The number of aromatic carboxylic acids is 1. The highest BCUT2D eigenvalue weighted by Crippen LogP contribution is 2.44. The highest BCUT2D eigenvalue weighted by Gasteiger charge is 2.33. The summed E-state index contributed by atoms with van der Waals surface area (Å²) in [6.45, 7) is 5.63. The summed E-state index contributed by atoms with van der Waals surface area (Å²) in [6.07, 6.45) is 3.18. The van der Waals surface area contributed by atoms with E-state index in [0.29, 0.717) is 29.3 Å². The Bertz CT molecular complexity index is 1280. The minimum atomic E-state index is -1.01. The molecule has 0 spiro atoms. The summed E-state index contributed by atoms with van der Waals surface area (Å²) >= 11 is 1.38. The van der Waals surface area contributed by atoms with Crippen LogP contribution in [0, 0.1) is 5.41 Å². The van der Waals surface area contributed by atoms with Crippen LogP contribution in [0.15, 0.2) is 36.4 Å². The van der Waals surface area contributed by atoms with E-state index < -0.39 is 5.97 Å². The molecule has 2 aliphatic rings. The molecular formula is C26H29N3O4S. The number of thiophene rings is 1. The van der Waals surface area contributed by atoms with E-state index in [4.69, 9.17) is 10.6 Å². The Hall–Kier alpha value is -2.94. The van der Waals surface area contributed by atoms with Crippen LogP contribution in [0.5, 0.6) is 5.75 Å². The van der Waals surface area contributed by atoms with Gasteiger partial charge in [0.2, 0.25) is 0 Å². The number of hydrogen-bond acceptors (Lipinski definition) is 6. The number of fused-ring (bicyclic) bond motifs is 2. The topological polar surface area (TPSA) is 105 Å². The molecule has 2 heterocycles. The van der Waals surface area contributed by atoms with E-state index in [1.807, 2.05) is 36.4 Å². The normalized spacial score (nSPS) is 19.7. The molecule has 1 amide bonds. The third-order valence-electron chi connectivity index (χ3n) is 6.78. The molecule has 1 aliphatic carbocycles. The summed E-state index contributed by atoms with van der Waals surface area (Å²) in [7, 11) is 0. The zero-order valence-corrected chi connectivity index (χ0v) is 20.2. The predicted octanol–water partition coefficient (Wildman–Crippen LogP) is 4.69. The van der Waals surface area contributed by atoms with Crippen molar-refractivity contribution in [2.75, 3.05) is 18.4 Å². The number of anilines is 1. The number of nitrogens with zero attached hydrogens (tertiary/aromatic N) is 1. The Labute approximate surface area is 202 Å². The number of nitrogens with one attached hydrogen (secondary N) is 1. The van der Waals surface area contributed by atoms with E-state index in [1.165, 1.54) is 11.3 Å². The molecule has 0 bridgehead atoms. The van der Waals surface area contributed by atoms with Gasteiger partial charge in [0.15, 0.2) is 0 Å². The molecule has 3 aromatic rings. The van der Waals surface area contributed by atoms with Crippen LogP contribution in [0.25, 0.3) is 10.8 Å². The average Bonchev–Trinajstić information content (AvgIpc) is 3.34. The average molecular weight is 480 g/mol. The van der Waals surface area contributed by atoms with Gasteiger partial charge in [-0.25, -0.2) is 9.80 Å². The standard InChI is InChI=1S/C26H29N3O4S/c1-26(2)9-7-21-19(13-26)22(25(31)32)24(34-21)28-23(30)18-11-15-5-3-4-6-16(15)12-20(18)33-17-8-10-29(27)14-17/h3-6,11-12,17H,7-10,13-14,27H2,1-2H3,(H,28,30)(H,31,32)/t17-/m0/s1. The maximum Gasteiger partial charge on any atom is 0.339 e. The second-order valence-corrected chi connectivity index (χ2v) is 11.1. The molecule has 34 heavy (non-hydrogen) atoms. The van der Waals surface area contributed by atoms with Crippen LogP contribution in [0.2, 0.25) is 0 Å². The number of carbonyl (C=O) groups is 2. The number of hydrogen-bond donors (Lipinski definition) is 3. The number of amides is 1. The first-order valence-electron chi connectivity index (χ1n) is 11.6. The Morgan fingerprint density at radius 1 is 1.24 bits per heavy atom. The molecule has 1 saturated heterocycles. The van der Waals surface area contributed by atoms with E-state index in [9.17, 15) is 14.7 Å². The molecule has 5 rings (SSSR count). The number of nitrogens with two attached hydrogens (primary N) is 1. The number of benzene rings is 2. The maximum atomic E-state index is 13.5. The van der Waals surface area contributed by atoms with E-state index in [2.05, 4.69) is 19.2 Å². The lowest BCUT2D eigenvalue weighted by Crippen LogP contribution is -2.30. The highest BCUT2D eigenvalue weighted by atomic mass is 32.1. The van der Waals surface area contributed by atoms with Gasteiger partial charge in [0.05, 0.1) is 11.1 Å². The first kappa shape index (κ1) is 22.8. The van der Waals surface area contributed by atoms with Gasteiger partial charge in [-0.15, -0.1) is 11.3 Å². The number of carboxylic acids is 1. The minimum absolute atomic E-state index is 0.0388. The Morgan fingerprint density at radius 2 is 1.97 bits per heavy atom.